The van der Waals surface area contributed by atoms with Crippen LogP contribution in [0.2, 0.25) is 0 Å². The molecule has 0 saturated carbocycles. The highest BCUT2D eigenvalue weighted by Gasteiger charge is 2.21. The molecule has 12 heteroatoms. The average Bonchev–Trinajstić information content (AvgIpc) is 3.01. The second-order valence-corrected chi connectivity index (χ2v) is 8.95. The third kappa shape index (κ3) is 9.88. The molecule has 3 aromatic rings. The lowest BCUT2D eigenvalue weighted by atomic mass is 10.1. The van der Waals surface area contributed by atoms with Crippen molar-refractivity contribution < 1.29 is 38.1 Å². The Morgan fingerprint density at radius 1 is 0.814 bits per heavy atom. The van der Waals surface area contributed by atoms with Crippen molar-refractivity contribution in [2.24, 2.45) is 11.0 Å². The average molecular weight is 591 g/mol. The zero-order valence-electron chi connectivity index (χ0n) is 24.3. The molecule has 0 radical (unpaired) electrons. The summed E-state index contributed by atoms with van der Waals surface area (Å²) in [5, 5.41) is 9.31. The predicted molar refractivity (Wildman–Crippen MR) is 161 cm³/mol. The van der Waals surface area contributed by atoms with Gasteiger partial charge in [0.1, 0.15) is 11.7 Å². The van der Waals surface area contributed by atoms with Gasteiger partial charge in [0.2, 0.25) is 5.91 Å². The molecule has 3 amide bonds. The highest BCUT2D eigenvalue weighted by atomic mass is 16.5. The first-order valence-electron chi connectivity index (χ1n) is 13.5. The van der Waals surface area contributed by atoms with Gasteiger partial charge in [-0.2, -0.15) is 5.10 Å². The van der Waals surface area contributed by atoms with Crippen LogP contribution in [0.4, 0.5) is 11.4 Å². The zero-order chi connectivity index (χ0) is 31.2. The Morgan fingerprint density at radius 3 is 2.14 bits per heavy atom. The van der Waals surface area contributed by atoms with Gasteiger partial charge >= 0.3 is 5.97 Å². The van der Waals surface area contributed by atoms with Gasteiger partial charge < -0.3 is 29.6 Å². The minimum Gasteiger partial charge on any atom is -0.497 e. The number of ether oxygens (including phenoxy) is 4. The zero-order valence-corrected chi connectivity index (χ0v) is 24.3. The van der Waals surface area contributed by atoms with E-state index in [-0.39, 0.29) is 13.2 Å². The third-order valence-corrected chi connectivity index (χ3v) is 5.84. The summed E-state index contributed by atoms with van der Waals surface area (Å²) in [6, 6.07) is 18.0. The molecule has 226 valence electrons. The number of amides is 3. The highest BCUT2D eigenvalue weighted by molar-refractivity contribution is 6.06. The first kappa shape index (κ1) is 32.1. The van der Waals surface area contributed by atoms with Crippen molar-refractivity contribution in [2.75, 3.05) is 37.6 Å². The van der Waals surface area contributed by atoms with Crippen molar-refractivity contribution in [2.45, 2.75) is 20.8 Å². The molecule has 0 aromatic heterocycles. The van der Waals surface area contributed by atoms with Crippen LogP contribution in [-0.2, 0) is 19.1 Å². The second-order valence-electron chi connectivity index (χ2n) is 8.95. The van der Waals surface area contributed by atoms with Gasteiger partial charge in [-0.3, -0.25) is 14.4 Å². The van der Waals surface area contributed by atoms with Crippen LogP contribution in [0.15, 0.2) is 71.8 Å². The van der Waals surface area contributed by atoms with Gasteiger partial charge in [-0.25, -0.2) is 10.2 Å². The molecular weight excluding hydrogens is 556 g/mol. The number of methoxy groups -OCH3 is 1. The fourth-order valence-corrected chi connectivity index (χ4v) is 3.55. The fraction of sp³-hybridized carbons (Fsp3) is 0.258. The van der Waals surface area contributed by atoms with Gasteiger partial charge in [0.05, 0.1) is 32.1 Å². The number of nitrogens with zero attached hydrogens (tertiary/aromatic N) is 1. The molecule has 3 N–H and O–H groups in total. The van der Waals surface area contributed by atoms with Crippen LogP contribution < -0.4 is 30.3 Å². The Hall–Kier alpha value is -5.39. The number of nitrogens with one attached hydrogen (secondary N) is 3. The molecule has 3 aromatic carbocycles. The Bertz CT molecular complexity index is 1440. The molecule has 0 fully saturated rings. The molecule has 0 saturated heterocycles. The molecular formula is C31H34N4O8. The van der Waals surface area contributed by atoms with Crippen LogP contribution in [0.1, 0.15) is 36.7 Å². The van der Waals surface area contributed by atoms with E-state index < -0.39 is 29.6 Å². The lowest BCUT2D eigenvalue weighted by Gasteiger charge is -2.13. The molecule has 1 unspecified atom stereocenters. The fourth-order valence-electron chi connectivity index (χ4n) is 3.55. The highest BCUT2D eigenvalue weighted by Crippen LogP contribution is 2.28. The molecule has 0 aliphatic carbocycles. The van der Waals surface area contributed by atoms with Gasteiger partial charge in [0, 0.05) is 11.4 Å². The lowest BCUT2D eigenvalue weighted by molar-refractivity contribution is -0.131. The molecule has 43 heavy (non-hydrogen) atoms. The molecule has 0 spiro atoms. The summed E-state index contributed by atoms with van der Waals surface area (Å²) in [6.45, 7) is 5.32. The standard InChI is InChI=1S/C31H34N4O8/c1-5-41-27-17-21(18-32-35-30(38)20(3)29(37)34-24-12-14-25(40-4)15-13-24)7-16-26(27)43-19-28(36)33-23-10-8-22(9-11-23)31(39)42-6-2/h7-18,20H,5-6,19H2,1-4H3,(H,33,36)(H,34,37)(H,35,38). The van der Waals surface area contributed by atoms with Gasteiger partial charge in [-0.05, 0) is 93.1 Å². The number of hydrazone groups is 1. The van der Waals surface area contributed by atoms with E-state index in [1.54, 1.807) is 87.7 Å². The topological polar surface area (TPSA) is 154 Å². The Morgan fingerprint density at radius 2 is 1.49 bits per heavy atom. The summed E-state index contributed by atoms with van der Waals surface area (Å²) in [4.78, 5) is 49.1. The second kappa shape index (κ2) is 16.2. The summed E-state index contributed by atoms with van der Waals surface area (Å²) in [5.74, 6) is -1.58. The quantitative estimate of drug-likeness (QED) is 0.110. The van der Waals surface area contributed by atoms with Crippen LogP contribution >= 0.6 is 0 Å². The minimum atomic E-state index is -1.00. The number of rotatable bonds is 14. The first-order chi connectivity index (χ1) is 20.7. The molecule has 0 aliphatic rings. The van der Waals surface area contributed by atoms with E-state index in [0.717, 1.165) is 0 Å². The third-order valence-electron chi connectivity index (χ3n) is 5.84. The number of hydrogen-bond acceptors (Lipinski definition) is 9. The number of anilines is 2. The van der Waals surface area contributed by atoms with E-state index in [9.17, 15) is 19.2 Å². The molecule has 0 heterocycles. The van der Waals surface area contributed by atoms with E-state index in [4.69, 9.17) is 18.9 Å². The van der Waals surface area contributed by atoms with E-state index in [1.807, 2.05) is 0 Å². The summed E-state index contributed by atoms with van der Waals surface area (Å²) >= 11 is 0. The number of hydrogen-bond donors (Lipinski definition) is 3. The Labute approximate surface area is 249 Å². The van der Waals surface area contributed by atoms with Crippen LogP contribution in [-0.4, -0.2) is 56.8 Å². The van der Waals surface area contributed by atoms with Crippen LogP contribution in [0.25, 0.3) is 0 Å². The van der Waals surface area contributed by atoms with Gasteiger partial charge in [0.15, 0.2) is 18.1 Å². The Kier molecular flexibility index (Phi) is 12.1. The summed E-state index contributed by atoms with van der Waals surface area (Å²) < 4.78 is 21.3. The van der Waals surface area contributed by atoms with E-state index in [0.29, 0.717) is 46.4 Å². The maximum Gasteiger partial charge on any atom is 0.338 e. The van der Waals surface area contributed by atoms with Crippen molar-refractivity contribution in [1.29, 1.82) is 0 Å². The number of carbonyl (C=O) groups is 4. The largest absolute Gasteiger partial charge is 0.497 e. The first-order valence-corrected chi connectivity index (χ1v) is 13.5. The van der Waals surface area contributed by atoms with Crippen molar-refractivity contribution in [3.8, 4) is 17.2 Å². The van der Waals surface area contributed by atoms with Crippen LogP contribution in [0.5, 0.6) is 17.2 Å². The molecule has 0 aliphatic heterocycles. The number of carbonyl (C=O) groups excluding carboxylic acids is 4. The van der Waals surface area contributed by atoms with Crippen molar-refractivity contribution in [3.05, 3.63) is 77.9 Å². The van der Waals surface area contributed by atoms with Crippen LogP contribution in [0.3, 0.4) is 0 Å². The van der Waals surface area contributed by atoms with Crippen molar-refractivity contribution in [3.63, 3.8) is 0 Å². The van der Waals surface area contributed by atoms with E-state index in [2.05, 4.69) is 21.2 Å². The monoisotopic (exact) mass is 590 g/mol. The normalized spacial score (nSPS) is 11.3. The Balaban J connectivity index is 1.52. The van der Waals surface area contributed by atoms with Gasteiger partial charge in [0.25, 0.3) is 11.8 Å². The molecule has 0 bridgehead atoms. The van der Waals surface area contributed by atoms with Gasteiger partial charge in [-0.15, -0.1) is 0 Å². The number of benzene rings is 3. The molecule has 12 nitrogen and oxygen atoms in total. The maximum atomic E-state index is 12.4. The molecule has 3 rings (SSSR count). The SMILES string of the molecule is CCOC(=O)c1ccc(NC(=O)COc2ccc(C=NNC(=O)C(C)C(=O)Nc3ccc(OC)cc3)cc2OCC)cc1. The minimum absolute atomic E-state index is 0.273. The van der Waals surface area contributed by atoms with Crippen LogP contribution in [0, 0.1) is 5.92 Å². The van der Waals surface area contributed by atoms with Gasteiger partial charge in [-0.1, -0.05) is 0 Å². The predicted octanol–water partition coefficient (Wildman–Crippen LogP) is 4.01. The lowest BCUT2D eigenvalue weighted by Crippen LogP contribution is -2.34. The summed E-state index contributed by atoms with van der Waals surface area (Å²) in [6.07, 6.45) is 1.39. The summed E-state index contributed by atoms with van der Waals surface area (Å²) in [7, 11) is 1.54. The van der Waals surface area contributed by atoms with Crippen molar-refractivity contribution >= 4 is 41.3 Å². The number of esters is 1. The van der Waals surface area contributed by atoms with E-state index in [1.165, 1.54) is 13.1 Å². The molecule has 1 atom stereocenters. The van der Waals surface area contributed by atoms with E-state index >= 15 is 0 Å². The summed E-state index contributed by atoms with van der Waals surface area (Å²) in [5.41, 5.74) is 4.34. The smallest absolute Gasteiger partial charge is 0.338 e. The van der Waals surface area contributed by atoms with Crippen molar-refractivity contribution in [1.82, 2.24) is 5.43 Å². The maximum absolute atomic E-state index is 12.4.